The molecule has 0 saturated heterocycles. The minimum absolute atomic E-state index is 0.0218. The van der Waals surface area contributed by atoms with Gasteiger partial charge in [-0.1, -0.05) is 177 Å². The lowest BCUT2D eigenvalue weighted by atomic mass is 10.1. The lowest BCUT2D eigenvalue weighted by molar-refractivity contribution is -0.889. The molecule has 0 N–H and O–H groups in total. The number of carbonyl (C=O) groups excluding carboxylic acids is 3. The normalized spacial score (nSPS) is 13.6. The van der Waals surface area contributed by atoms with E-state index < -0.39 is 18.1 Å². The molecule has 2 atom stereocenters. The van der Waals surface area contributed by atoms with Crippen LogP contribution >= 0.6 is 0 Å². The molecule has 0 aliphatic carbocycles. The second-order valence-corrected chi connectivity index (χ2v) is 16.7. The molecule has 0 spiro atoms. The zero-order valence-electron chi connectivity index (χ0n) is 38.4. The van der Waals surface area contributed by atoms with Crippen molar-refractivity contribution in [1.29, 1.82) is 0 Å². The summed E-state index contributed by atoms with van der Waals surface area (Å²) in [6.45, 7) is 4.47. The zero-order chi connectivity index (χ0) is 43.5. The fourth-order valence-electron chi connectivity index (χ4n) is 6.56. The number of aliphatic carboxylic acids is 1. The van der Waals surface area contributed by atoms with Gasteiger partial charge in [0.25, 0.3) is 0 Å². The SMILES string of the molecule is CC/C=C/C=C/C=C/C=C/C=C/CCCCCC(=O)OCC(COCCC(C(=O)[O-])[N+](C)(C)C)OC(=O)CCCCCCCCC/C=C/CCCCCCCCCCC. The Morgan fingerprint density at radius 2 is 0.966 bits per heavy atom. The number of allylic oxidation sites excluding steroid dienone is 12. The first-order chi connectivity index (χ1) is 28.6. The maximum absolute atomic E-state index is 12.7. The van der Waals surface area contributed by atoms with Gasteiger partial charge in [-0.15, -0.1) is 0 Å². The van der Waals surface area contributed by atoms with Gasteiger partial charge in [-0.3, -0.25) is 9.59 Å². The van der Waals surface area contributed by atoms with E-state index in [1.54, 1.807) is 21.1 Å². The van der Waals surface area contributed by atoms with Crippen molar-refractivity contribution in [3.8, 4) is 0 Å². The van der Waals surface area contributed by atoms with Crippen LogP contribution in [0.15, 0.2) is 72.9 Å². The summed E-state index contributed by atoms with van der Waals surface area (Å²) in [5.74, 6) is -1.80. The molecule has 0 radical (unpaired) electrons. The molecule has 0 aromatic heterocycles. The molecule has 0 rings (SSSR count). The number of carbonyl (C=O) groups is 3. The highest BCUT2D eigenvalue weighted by atomic mass is 16.6. The molecular weight excluding hydrogens is 739 g/mol. The van der Waals surface area contributed by atoms with Gasteiger partial charge < -0.3 is 28.6 Å². The first-order valence-electron chi connectivity index (χ1n) is 23.5. The Bertz CT molecular complexity index is 1190. The summed E-state index contributed by atoms with van der Waals surface area (Å²) < 4.78 is 17.1. The van der Waals surface area contributed by atoms with Crippen LogP contribution in [-0.2, 0) is 28.6 Å². The maximum Gasteiger partial charge on any atom is 0.306 e. The number of carboxylic acid groups (broad SMARTS) is 1. The number of likely N-dealkylation sites (N-methyl/N-ethyl adjacent to an activating group) is 1. The number of unbranched alkanes of at least 4 members (excludes halogenated alkanes) is 19. The monoisotopic (exact) mass is 826 g/mol. The Kier molecular flexibility index (Phi) is 39.2. The molecule has 0 aromatic rings. The predicted molar refractivity (Wildman–Crippen MR) is 245 cm³/mol. The van der Waals surface area contributed by atoms with Gasteiger partial charge in [0.2, 0.25) is 0 Å². The highest BCUT2D eigenvalue weighted by Crippen LogP contribution is 2.14. The van der Waals surface area contributed by atoms with Crippen LogP contribution in [0.2, 0.25) is 0 Å². The third kappa shape index (κ3) is 40.0. The summed E-state index contributed by atoms with van der Waals surface area (Å²) in [6, 6.07) is -0.736. The van der Waals surface area contributed by atoms with E-state index in [2.05, 4.69) is 38.2 Å². The van der Waals surface area contributed by atoms with Gasteiger partial charge in [0, 0.05) is 19.3 Å². The van der Waals surface area contributed by atoms with Gasteiger partial charge in [-0.2, -0.15) is 0 Å². The molecule has 0 saturated carbocycles. The average molecular weight is 826 g/mol. The lowest BCUT2D eigenvalue weighted by Gasteiger charge is -2.34. The molecule has 0 fully saturated rings. The number of carboxylic acids is 1. The van der Waals surface area contributed by atoms with Gasteiger partial charge in [-0.05, 0) is 57.8 Å². The van der Waals surface area contributed by atoms with Crippen LogP contribution in [-0.4, -0.2) is 75.5 Å². The average Bonchev–Trinajstić information content (AvgIpc) is 3.19. The van der Waals surface area contributed by atoms with Crippen LogP contribution in [0.25, 0.3) is 0 Å². The van der Waals surface area contributed by atoms with Crippen molar-refractivity contribution in [2.75, 3.05) is 41.0 Å². The van der Waals surface area contributed by atoms with E-state index >= 15 is 0 Å². The predicted octanol–water partition coefficient (Wildman–Crippen LogP) is 11.8. The van der Waals surface area contributed by atoms with Crippen LogP contribution in [0.5, 0.6) is 0 Å². The van der Waals surface area contributed by atoms with Crippen LogP contribution in [0.4, 0.5) is 0 Å². The summed E-state index contributed by atoms with van der Waals surface area (Å²) in [5, 5.41) is 11.6. The van der Waals surface area contributed by atoms with Crippen molar-refractivity contribution < 1.29 is 38.2 Å². The fourth-order valence-corrected chi connectivity index (χ4v) is 6.56. The molecule has 338 valence electrons. The minimum atomic E-state index is -1.13. The van der Waals surface area contributed by atoms with Crippen LogP contribution in [0.1, 0.15) is 181 Å². The second-order valence-electron chi connectivity index (χ2n) is 16.7. The summed E-state index contributed by atoms with van der Waals surface area (Å²) in [5.41, 5.74) is 0. The van der Waals surface area contributed by atoms with Gasteiger partial charge in [0.05, 0.1) is 40.3 Å². The van der Waals surface area contributed by atoms with Crippen LogP contribution in [0, 0.1) is 0 Å². The molecule has 0 heterocycles. The highest BCUT2D eigenvalue weighted by molar-refractivity contribution is 5.70. The number of hydrogen-bond acceptors (Lipinski definition) is 7. The Morgan fingerprint density at radius 3 is 1.47 bits per heavy atom. The first kappa shape index (κ1) is 55.8. The largest absolute Gasteiger partial charge is 0.544 e. The molecule has 8 nitrogen and oxygen atoms in total. The zero-order valence-corrected chi connectivity index (χ0v) is 38.4. The Balaban J connectivity index is 4.37. The van der Waals surface area contributed by atoms with Crippen molar-refractivity contribution in [3.63, 3.8) is 0 Å². The molecule has 0 aliphatic heterocycles. The van der Waals surface area contributed by atoms with Crippen LogP contribution < -0.4 is 5.11 Å². The van der Waals surface area contributed by atoms with Gasteiger partial charge in [0.1, 0.15) is 12.6 Å². The van der Waals surface area contributed by atoms with E-state index in [-0.39, 0.29) is 42.7 Å². The van der Waals surface area contributed by atoms with E-state index in [0.717, 1.165) is 51.4 Å². The molecule has 0 bridgehead atoms. The van der Waals surface area contributed by atoms with Crippen LogP contribution in [0.3, 0.4) is 0 Å². The number of quaternary nitrogens is 1. The molecule has 0 aliphatic rings. The van der Waals surface area contributed by atoms with E-state index in [4.69, 9.17) is 14.2 Å². The lowest BCUT2D eigenvalue weighted by Crippen LogP contribution is -2.55. The van der Waals surface area contributed by atoms with Gasteiger partial charge >= 0.3 is 11.9 Å². The van der Waals surface area contributed by atoms with E-state index in [0.29, 0.717) is 12.8 Å². The Morgan fingerprint density at radius 1 is 0.525 bits per heavy atom. The standard InChI is InChI=1S/C51H87NO7/c1-6-8-10-12-14-16-18-20-22-23-24-25-26-28-30-32-34-36-38-40-42-50(54)59-47(45-57-44-43-48(51(55)56)52(3,4)5)46-58-49(53)41-39-37-35-33-31-29-27-21-19-17-15-13-11-9-7-2/h9,11,13,15,17,19,21,24-25,27,29,31,47-48H,6-8,10,12,14,16,18,20,22-23,26,28,30,32-46H2,1-5H3/b11-9+,15-13+,19-17+,25-24+,27-21+,31-29+. The Hall–Kier alpha value is -3.23. The highest BCUT2D eigenvalue weighted by Gasteiger charge is 2.25. The van der Waals surface area contributed by atoms with Gasteiger partial charge in [0.15, 0.2) is 6.10 Å². The third-order valence-corrected chi connectivity index (χ3v) is 10.2. The maximum atomic E-state index is 12.7. The first-order valence-corrected chi connectivity index (χ1v) is 23.5. The van der Waals surface area contributed by atoms with E-state index in [1.165, 1.54) is 96.3 Å². The second kappa shape index (κ2) is 41.5. The van der Waals surface area contributed by atoms with Gasteiger partial charge in [-0.25, -0.2) is 0 Å². The quantitative estimate of drug-likeness (QED) is 0.0199. The number of esters is 2. The molecule has 2 unspecified atom stereocenters. The van der Waals surface area contributed by atoms with Crippen molar-refractivity contribution in [2.24, 2.45) is 0 Å². The molecule has 8 heteroatoms. The van der Waals surface area contributed by atoms with Crippen molar-refractivity contribution in [3.05, 3.63) is 72.9 Å². The van der Waals surface area contributed by atoms with E-state index in [9.17, 15) is 19.5 Å². The summed E-state index contributed by atoms with van der Waals surface area (Å²) in [6.07, 6.45) is 52.2. The summed E-state index contributed by atoms with van der Waals surface area (Å²) >= 11 is 0. The summed E-state index contributed by atoms with van der Waals surface area (Å²) in [7, 11) is 5.39. The summed E-state index contributed by atoms with van der Waals surface area (Å²) in [4.78, 5) is 36.9. The number of hydrogen-bond donors (Lipinski definition) is 0. The van der Waals surface area contributed by atoms with E-state index in [1.807, 2.05) is 48.6 Å². The number of rotatable bonds is 41. The minimum Gasteiger partial charge on any atom is -0.544 e. The smallest absolute Gasteiger partial charge is 0.306 e. The fraction of sp³-hybridized carbons (Fsp3) is 0.706. The van der Waals surface area contributed by atoms with Crippen molar-refractivity contribution >= 4 is 17.9 Å². The van der Waals surface area contributed by atoms with Crippen molar-refractivity contribution in [2.45, 2.75) is 193 Å². The molecule has 59 heavy (non-hydrogen) atoms. The molecular formula is C51H87NO7. The molecule has 0 amide bonds. The topological polar surface area (TPSA) is 102 Å². The van der Waals surface area contributed by atoms with Crippen molar-refractivity contribution in [1.82, 2.24) is 0 Å². The third-order valence-electron chi connectivity index (χ3n) is 10.2. The number of ether oxygens (including phenoxy) is 3. The molecule has 0 aromatic carbocycles. The Labute approximate surface area is 361 Å². The number of nitrogens with zero attached hydrogens (tertiary/aromatic N) is 1.